The summed E-state index contributed by atoms with van der Waals surface area (Å²) < 4.78 is 11.9. The predicted octanol–water partition coefficient (Wildman–Crippen LogP) is 7.95. The summed E-state index contributed by atoms with van der Waals surface area (Å²) in [5.41, 5.74) is 1.76. The van der Waals surface area contributed by atoms with Gasteiger partial charge in [0.25, 0.3) is 5.78 Å². The minimum atomic E-state index is -0.965. The number of aromatic nitrogens is 2. The van der Waals surface area contributed by atoms with Crippen LogP contribution in [0.1, 0.15) is 43.0 Å². The Morgan fingerprint density at radius 2 is 1.79 bits per heavy atom. The molecule has 1 aromatic heterocycles. The van der Waals surface area contributed by atoms with Crippen LogP contribution in [0.5, 0.6) is 11.5 Å². The molecular formula is C31H27Cl2N3O5S2. The molecular weight excluding hydrogens is 629 g/mol. The van der Waals surface area contributed by atoms with Crippen LogP contribution in [-0.4, -0.2) is 40.2 Å². The molecule has 4 aromatic rings. The number of nitrogens with zero attached hydrogens (tertiary/aromatic N) is 3. The Morgan fingerprint density at radius 3 is 2.51 bits per heavy atom. The Kier molecular flexibility index (Phi) is 9.92. The number of amides is 1. The number of hydrogen-bond donors (Lipinski definition) is 1. The van der Waals surface area contributed by atoms with Gasteiger partial charge in [0.15, 0.2) is 4.34 Å². The minimum absolute atomic E-state index is 0.0572. The summed E-state index contributed by atoms with van der Waals surface area (Å²) in [6, 6.07) is 18.1. The van der Waals surface area contributed by atoms with Gasteiger partial charge in [-0.1, -0.05) is 71.4 Å². The van der Waals surface area contributed by atoms with E-state index in [0.717, 1.165) is 12.0 Å². The Balaban J connectivity index is 1.52. The van der Waals surface area contributed by atoms with Crippen molar-refractivity contribution in [2.24, 2.45) is 0 Å². The molecule has 0 saturated carbocycles. The van der Waals surface area contributed by atoms with Crippen LogP contribution in [0.3, 0.4) is 0 Å². The van der Waals surface area contributed by atoms with Crippen LogP contribution < -0.4 is 14.4 Å². The third kappa shape index (κ3) is 6.83. The first-order chi connectivity index (χ1) is 20.8. The predicted molar refractivity (Wildman–Crippen MR) is 171 cm³/mol. The lowest BCUT2D eigenvalue weighted by Crippen LogP contribution is -2.29. The van der Waals surface area contributed by atoms with E-state index in [2.05, 4.69) is 10.2 Å². The van der Waals surface area contributed by atoms with Crippen LogP contribution in [0.2, 0.25) is 10.0 Å². The molecule has 0 radical (unpaired) electrons. The first-order valence-corrected chi connectivity index (χ1v) is 16.0. The Morgan fingerprint density at radius 1 is 1.00 bits per heavy atom. The smallest absolute Gasteiger partial charge is 0.301 e. The summed E-state index contributed by atoms with van der Waals surface area (Å²) in [5.74, 6) is -0.236. The number of hydrogen-bond acceptors (Lipinski definition) is 9. The summed E-state index contributed by atoms with van der Waals surface area (Å²) in [6.45, 7) is 4.87. The average molecular weight is 657 g/mol. The number of Topliss-reactive ketones (excluding diaryl/α,β-unsaturated/α-hetero) is 1. The highest BCUT2D eigenvalue weighted by atomic mass is 35.5. The van der Waals surface area contributed by atoms with Gasteiger partial charge in [-0.05, 0) is 73.0 Å². The van der Waals surface area contributed by atoms with E-state index < -0.39 is 17.7 Å². The fourth-order valence-corrected chi connectivity index (χ4v) is 6.93. The summed E-state index contributed by atoms with van der Waals surface area (Å²) in [6.07, 6.45) is 0.854. The van der Waals surface area contributed by atoms with E-state index in [1.807, 2.05) is 19.9 Å². The largest absolute Gasteiger partial charge is 0.507 e. The van der Waals surface area contributed by atoms with Crippen LogP contribution in [0.4, 0.5) is 5.13 Å². The molecule has 1 saturated heterocycles. The molecule has 1 unspecified atom stereocenters. The molecule has 0 spiro atoms. The molecule has 5 rings (SSSR count). The standard InChI is InChI=1S/C31H27Cl2N3O5S2/c1-3-14-41-22-12-9-18(10-13-22)27(37)25-26(19-6-5-7-23(15-19)40-4-2)36(29(39)28(25)38)30-34-35-31(43-30)42-17-20-8-11-21(32)16-24(20)33/h5-13,15-16,26,37H,3-4,14,17H2,1-2H3/b27-25+. The Bertz CT molecular complexity index is 1680. The van der Waals surface area contributed by atoms with Gasteiger partial charge in [-0.25, -0.2) is 0 Å². The van der Waals surface area contributed by atoms with Crippen LogP contribution in [0.25, 0.3) is 5.76 Å². The molecule has 1 fully saturated rings. The fraction of sp³-hybridized carbons (Fsp3) is 0.226. The summed E-state index contributed by atoms with van der Waals surface area (Å²) in [5, 5.41) is 21.3. The van der Waals surface area contributed by atoms with E-state index in [1.54, 1.807) is 60.7 Å². The monoisotopic (exact) mass is 655 g/mol. The third-order valence-corrected chi connectivity index (χ3v) is 9.19. The molecule has 12 heteroatoms. The van der Waals surface area contributed by atoms with Gasteiger partial charge in [0.1, 0.15) is 17.3 Å². The van der Waals surface area contributed by atoms with Crippen molar-refractivity contribution >= 4 is 68.9 Å². The lowest BCUT2D eigenvalue weighted by Gasteiger charge is -2.23. The number of thioether (sulfide) groups is 1. The van der Waals surface area contributed by atoms with Crippen molar-refractivity contribution in [1.29, 1.82) is 0 Å². The number of benzene rings is 3. The van der Waals surface area contributed by atoms with Gasteiger partial charge < -0.3 is 14.6 Å². The molecule has 1 atom stereocenters. The maximum absolute atomic E-state index is 13.6. The average Bonchev–Trinajstić information content (AvgIpc) is 3.57. The zero-order valence-corrected chi connectivity index (χ0v) is 26.4. The van der Waals surface area contributed by atoms with Crippen LogP contribution in [-0.2, 0) is 15.3 Å². The van der Waals surface area contributed by atoms with Gasteiger partial charge in [-0.3, -0.25) is 14.5 Å². The number of ketones is 1. The number of aliphatic hydroxyl groups excluding tert-OH is 1. The van der Waals surface area contributed by atoms with E-state index in [4.69, 9.17) is 32.7 Å². The van der Waals surface area contributed by atoms with Gasteiger partial charge in [0, 0.05) is 21.4 Å². The molecule has 1 amide bonds. The highest BCUT2D eigenvalue weighted by Crippen LogP contribution is 2.45. The summed E-state index contributed by atoms with van der Waals surface area (Å²) in [7, 11) is 0. The van der Waals surface area contributed by atoms with Gasteiger partial charge in [-0.2, -0.15) is 0 Å². The Hall–Kier alpha value is -3.57. The molecule has 0 aliphatic carbocycles. The second-order valence-electron chi connectivity index (χ2n) is 9.42. The van der Waals surface area contributed by atoms with E-state index in [0.29, 0.717) is 56.0 Å². The second kappa shape index (κ2) is 13.8. The molecule has 222 valence electrons. The van der Waals surface area contributed by atoms with Crippen molar-refractivity contribution in [2.75, 3.05) is 18.1 Å². The van der Waals surface area contributed by atoms with Crippen molar-refractivity contribution < 1.29 is 24.2 Å². The molecule has 1 aliphatic heterocycles. The molecule has 1 N–H and O–H groups in total. The first kappa shape index (κ1) is 30.9. The van der Waals surface area contributed by atoms with Gasteiger partial charge in [0.05, 0.1) is 24.8 Å². The fourth-order valence-electron chi connectivity index (χ4n) is 4.51. The molecule has 43 heavy (non-hydrogen) atoms. The van der Waals surface area contributed by atoms with Crippen LogP contribution in [0, 0.1) is 0 Å². The molecule has 8 nitrogen and oxygen atoms in total. The second-order valence-corrected chi connectivity index (χ2v) is 12.4. The number of ether oxygens (including phenoxy) is 2. The van der Waals surface area contributed by atoms with Crippen LogP contribution >= 0.6 is 46.3 Å². The lowest BCUT2D eigenvalue weighted by molar-refractivity contribution is -0.132. The number of halogens is 2. The summed E-state index contributed by atoms with van der Waals surface area (Å²) in [4.78, 5) is 28.4. The van der Waals surface area contributed by atoms with Gasteiger partial charge in [0.2, 0.25) is 5.13 Å². The van der Waals surface area contributed by atoms with Crippen molar-refractivity contribution in [2.45, 2.75) is 36.4 Å². The number of carbonyl (C=O) groups is 2. The number of anilines is 1. The maximum atomic E-state index is 13.6. The minimum Gasteiger partial charge on any atom is -0.507 e. The zero-order valence-electron chi connectivity index (χ0n) is 23.3. The van der Waals surface area contributed by atoms with Crippen molar-refractivity contribution in [3.63, 3.8) is 0 Å². The van der Waals surface area contributed by atoms with E-state index in [-0.39, 0.29) is 16.5 Å². The van der Waals surface area contributed by atoms with Gasteiger partial charge in [-0.15, -0.1) is 10.2 Å². The number of carbonyl (C=O) groups excluding carboxylic acids is 2. The third-order valence-electron chi connectivity index (χ3n) is 6.50. The van der Waals surface area contributed by atoms with Crippen molar-refractivity contribution in [3.8, 4) is 11.5 Å². The van der Waals surface area contributed by atoms with Gasteiger partial charge >= 0.3 is 5.91 Å². The van der Waals surface area contributed by atoms with Crippen molar-refractivity contribution in [1.82, 2.24) is 10.2 Å². The van der Waals surface area contributed by atoms with Crippen molar-refractivity contribution in [3.05, 3.63) is 99.0 Å². The molecule has 3 aromatic carbocycles. The number of rotatable bonds is 11. The van der Waals surface area contributed by atoms with E-state index in [1.165, 1.54) is 28.0 Å². The van der Waals surface area contributed by atoms with E-state index >= 15 is 0 Å². The zero-order chi connectivity index (χ0) is 30.5. The first-order valence-electron chi connectivity index (χ1n) is 13.5. The summed E-state index contributed by atoms with van der Waals surface area (Å²) >= 11 is 14.9. The topological polar surface area (TPSA) is 102 Å². The highest BCUT2D eigenvalue weighted by Gasteiger charge is 2.48. The normalized spacial score (nSPS) is 16.1. The molecule has 1 aliphatic rings. The molecule has 2 heterocycles. The SMILES string of the molecule is CCCOc1ccc(/C(O)=C2\C(=O)C(=O)N(c3nnc(SCc4ccc(Cl)cc4Cl)s3)C2c2cccc(OCC)c2)cc1. The lowest BCUT2D eigenvalue weighted by atomic mass is 9.95. The molecule has 0 bridgehead atoms. The number of aliphatic hydroxyl groups is 1. The van der Waals surface area contributed by atoms with Crippen LogP contribution in [0.15, 0.2) is 76.6 Å². The maximum Gasteiger partial charge on any atom is 0.301 e. The Labute approximate surface area is 267 Å². The van der Waals surface area contributed by atoms with E-state index in [9.17, 15) is 14.7 Å². The quantitative estimate of drug-likeness (QED) is 0.0571. The highest BCUT2D eigenvalue weighted by molar-refractivity contribution is 8.00.